The number of benzene rings is 1. The third-order valence-corrected chi connectivity index (χ3v) is 2.88. The van der Waals surface area contributed by atoms with E-state index in [9.17, 15) is 14.0 Å². The van der Waals surface area contributed by atoms with E-state index >= 15 is 0 Å². The van der Waals surface area contributed by atoms with E-state index in [1.165, 1.54) is 12.1 Å². The van der Waals surface area contributed by atoms with Gasteiger partial charge in [0.15, 0.2) is 0 Å². The molecule has 1 rings (SSSR count). The molecule has 0 heterocycles. The minimum atomic E-state index is -0.930. The van der Waals surface area contributed by atoms with Crippen molar-refractivity contribution < 1.29 is 19.1 Å². The van der Waals surface area contributed by atoms with Crippen LogP contribution in [0.5, 0.6) is 0 Å². The lowest BCUT2D eigenvalue weighted by Crippen LogP contribution is -2.42. The fourth-order valence-electron chi connectivity index (χ4n) is 1.40. The summed E-state index contributed by atoms with van der Waals surface area (Å²) in [5.74, 6) is 3.08. The molecule has 112 valence electrons. The number of halogens is 1. The number of hydrogen-bond donors (Lipinski definition) is 3. The Morgan fingerprint density at radius 1 is 1.43 bits per heavy atom. The first-order chi connectivity index (χ1) is 9.77. The maximum atomic E-state index is 13.7. The lowest BCUT2D eigenvalue weighted by molar-refractivity contribution is -0.125. The van der Waals surface area contributed by atoms with Crippen molar-refractivity contribution in [3.8, 4) is 11.8 Å². The van der Waals surface area contributed by atoms with Crippen LogP contribution >= 0.6 is 0 Å². The summed E-state index contributed by atoms with van der Waals surface area (Å²) in [6, 6.07) is 3.81. The molecule has 0 saturated carbocycles. The van der Waals surface area contributed by atoms with Crippen LogP contribution in [0.1, 0.15) is 29.8 Å². The molecule has 4 N–H and O–H groups in total. The van der Waals surface area contributed by atoms with Gasteiger partial charge in [0.25, 0.3) is 5.91 Å². The van der Waals surface area contributed by atoms with Gasteiger partial charge in [0, 0.05) is 12.1 Å². The largest absolute Gasteiger partial charge is 0.384 e. The van der Waals surface area contributed by atoms with Gasteiger partial charge in [0.2, 0.25) is 5.91 Å². The fourth-order valence-corrected chi connectivity index (χ4v) is 1.40. The summed E-state index contributed by atoms with van der Waals surface area (Å²) < 4.78 is 13.7. The van der Waals surface area contributed by atoms with Gasteiger partial charge in [0.1, 0.15) is 12.4 Å². The van der Waals surface area contributed by atoms with Gasteiger partial charge in [-0.25, -0.2) is 4.39 Å². The predicted molar refractivity (Wildman–Crippen MR) is 75.7 cm³/mol. The zero-order valence-electron chi connectivity index (χ0n) is 11.9. The van der Waals surface area contributed by atoms with Crippen LogP contribution in [-0.4, -0.2) is 30.1 Å². The lowest BCUT2D eigenvalue weighted by Gasteiger charge is -2.20. The summed E-state index contributed by atoms with van der Waals surface area (Å²) in [4.78, 5) is 23.1. The van der Waals surface area contributed by atoms with E-state index in [-0.39, 0.29) is 18.7 Å². The van der Waals surface area contributed by atoms with Crippen LogP contribution < -0.4 is 11.1 Å². The van der Waals surface area contributed by atoms with Gasteiger partial charge < -0.3 is 16.2 Å². The second kappa shape index (κ2) is 6.86. The second-order valence-corrected chi connectivity index (χ2v) is 5.09. The molecule has 0 aliphatic heterocycles. The molecule has 0 fully saturated rings. The number of carbonyl (C=O) groups is 2. The molecule has 5 nitrogen and oxygen atoms in total. The van der Waals surface area contributed by atoms with E-state index in [4.69, 9.17) is 10.8 Å². The molecular weight excluding hydrogens is 275 g/mol. The molecule has 0 bridgehead atoms. The molecule has 2 amide bonds. The SMILES string of the molecule is CC(C)(CNC(=O)c1cc(C#CCO)ccc1F)C(N)=O. The smallest absolute Gasteiger partial charge is 0.254 e. The summed E-state index contributed by atoms with van der Waals surface area (Å²) in [5.41, 5.74) is 4.49. The van der Waals surface area contributed by atoms with Crippen LogP contribution in [0.2, 0.25) is 0 Å². The molecule has 0 aliphatic rings. The number of carbonyl (C=O) groups excluding carboxylic acids is 2. The molecule has 1 aromatic rings. The first-order valence-corrected chi connectivity index (χ1v) is 6.25. The fraction of sp³-hybridized carbons (Fsp3) is 0.333. The Bertz CT molecular complexity index is 615. The van der Waals surface area contributed by atoms with Crippen LogP contribution in [0, 0.1) is 23.1 Å². The van der Waals surface area contributed by atoms with Crippen LogP contribution in [0.3, 0.4) is 0 Å². The van der Waals surface area contributed by atoms with Gasteiger partial charge in [-0.3, -0.25) is 9.59 Å². The maximum absolute atomic E-state index is 13.7. The zero-order chi connectivity index (χ0) is 16.0. The van der Waals surface area contributed by atoms with Crippen molar-refractivity contribution in [3.05, 3.63) is 35.1 Å². The average Bonchev–Trinajstić information content (AvgIpc) is 2.43. The van der Waals surface area contributed by atoms with Gasteiger partial charge in [0.05, 0.1) is 11.0 Å². The monoisotopic (exact) mass is 292 g/mol. The average molecular weight is 292 g/mol. The summed E-state index contributed by atoms with van der Waals surface area (Å²) in [6.07, 6.45) is 0. The van der Waals surface area contributed by atoms with Crippen molar-refractivity contribution in [1.82, 2.24) is 5.32 Å². The Morgan fingerprint density at radius 2 is 2.10 bits per heavy atom. The van der Waals surface area contributed by atoms with Gasteiger partial charge >= 0.3 is 0 Å². The van der Waals surface area contributed by atoms with Crippen LogP contribution in [0.4, 0.5) is 4.39 Å². The topological polar surface area (TPSA) is 92.4 Å². The molecule has 0 aliphatic carbocycles. The van der Waals surface area contributed by atoms with E-state index in [1.54, 1.807) is 13.8 Å². The maximum Gasteiger partial charge on any atom is 0.254 e. The first kappa shape index (κ1) is 16.7. The highest BCUT2D eigenvalue weighted by Gasteiger charge is 2.26. The van der Waals surface area contributed by atoms with Gasteiger partial charge in [-0.2, -0.15) is 0 Å². The van der Waals surface area contributed by atoms with Crippen molar-refractivity contribution in [3.63, 3.8) is 0 Å². The second-order valence-electron chi connectivity index (χ2n) is 5.09. The van der Waals surface area contributed by atoms with E-state index in [1.807, 2.05) is 0 Å². The minimum absolute atomic E-state index is 0.00679. The quantitative estimate of drug-likeness (QED) is 0.702. The number of rotatable bonds is 4. The summed E-state index contributed by atoms with van der Waals surface area (Å²) >= 11 is 0. The number of aliphatic hydroxyl groups excluding tert-OH is 1. The van der Waals surface area contributed by atoms with Crippen molar-refractivity contribution in [2.75, 3.05) is 13.2 Å². The van der Waals surface area contributed by atoms with E-state index < -0.39 is 23.0 Å². The van der Waals surface area contributed by atoms with E-state index in [0.29, 0.717) is 5.56 Å². The Kier molecular flexibility index (Phi) is 5.44. The molecule has 0 spiro atoms. The number of amides is 2. The summed E-state index contributed by atoms with van der Waals surface area (Å²) in [6.45, 7) is 2.82. The van der Waals surface area contributed by atoms with Crippen LogP contribution in [-0.2, 0) is 4.79 Å². The Balaban J connectivity index is 2.89. The highest BCUT2D eigenvalue weighted by Crippen LogP contribution is 2.14. The molecule has 0 unspecified atom stereocenters. The Morgan fingerprint density at radius 3 is 2.67 bits per heavy atom. The standard InChI is InChI=1S/C15H17FN2O3/c1-15(2,14(17)21)9-18-13(20)11-8-10(4-3-7-19)5-6-12(11)16/h5-6,8,19H,7,9H2,1-2H3,(H2,17,21)(H,18,20). The van der Waals surface area contributed by atoms with Gasteiger partial charge in [-0.15, -0.1) is 0 Å². The Labute approximate surface area is 122 Å². The molecule has 0 aromatic heterocycles. The summed E-state index contributed by atoms with van der Waals surface area (Å²) in [7, 11) is 0. The highest BCUT2D eigenvalue weighted by molar-refractivity contribution is 5.95. The van der Waals surface area contributed by atoms with Crippen molar-refractivity contribution >= 4 is 11.8 Å². The van der Waals surface area contributed by atoms with Crippen LogP contribution in [0.15, 0.2) is 18.2 Å². The zero-order valence-corrected chi connectivity index (χ0v) is 11.9. The molecule has 0 radical (unpaired) electrons. The van der Waals surface area contributed by atoms with E-state index in [2.05, 4.69) is 17.2 Å². The highest BCUT2D eigenvalue weighted by atomic mass is 19.1. The number of aliphatic hydroxyl groups is 1. The number of hydrogen-bond acceptors (Lipinski definition) is 3. The molecule has 0 saturated heterocycles. The molecule has 6 heteroatoms. The molecular formula is C15H17FN2O3. The third-order valence-electron chi connectivity index (χ3n) is 2.88. The van der Waals surface area contributed by atoms with Crippen molar-refractivity contribution in [2.45, 2.75) is 13.8 Å². The van der Waals surface area contributed by atoms with Crippen LogP contribution in [0.25, 0.3) is 0 Å². The predicted octanol–water partition coefficient (Wildman–Crippen LogP) is 0.411. The lowest BCUT2D eigenvalue weighted by atomic mass is 9.92. The van der Waals surface area contributed by atoms with E-state index in [0.717, 1.165) is 6.07 Å². The first-order valence-electron chi connectivity index (χ1n) is 6.25. The van der Waals surface area contributed by atoms with Crippen molar-refractivity contribution in [2.24, 2.45) is 11.1 Å². The number of nitrogens with one attached hydrogen (secondary N) is 1. The Hall–Kier alpha value is -2.39. The molecule has 0 atom stereocenters. The van der Waals surface area contributed by atoms with Gasteiger partial charge in [-0.1, -0.05) is 11.8 Å². The summed E-state index contributed by atoms with van der Waals surface area (Å²) in [5, 5.41) is 11.1. The molecule has 1 aromatic carbocycles. The molecule has 21 heavy (non-hydrogen) atoms. The van der Waals surface area contributed by atoms with Gasteiger partial charge in [-0.05, 0) is 32.0 Å². The number of nitrogens with two attached hydrogens (primary N) is 1. The normalized spacial score (nSPS) is 10.5. The number of primary amides is 1. The third kappa shape index (κ3) is 4.58. The van der Waals surface area contributed by atoms with Crippen molar-refractivity contribution in [1.29, 1.82) is 0 Å². The minimum Gasteiger partial charge on any atom is -0.384 e.